The topological polar surface area (TPSA) is 51.8 Å². The van der Waals surface area contributed by atoms with Crippen molar-refractivity contribution in [2.45, 2.75) is 0 Å². The summed E-state index contributed by atoms with van der Waals surface area (Å²) in [5.41, 5.74) is 11.2. The van der Waals surface area contributed by atoms with Gasteiger partial charge in [-0.1, -0.05) is 170 Å². The maximum atomic E-state index is 6.65. The van der Waals surface area contributed by atoms with Gasteiger partial charge in [-0.2, -0.15) is 0 Å². The summed E-state index contributed by atoms with van der Waals surface area (Å²) in [5, 5.41) is 4.12. The molecule has 0 unspecified atom stereocenters. The van der Waals surface area contributed by atoms with Crippen molar-refractivity contribution < 1.29 is 4.42 Å². The predicted molar refractivity (Wildman–Crippen MR) is 217 cm³/mol. The molecule has 0 N–H and O–H groups in total. The lowest BCUT2D eigenvalue weighted by Crippen LogP contribution is -2.01. The van der Waals surface area contributed by atoms with Crippen LogP contribution in [-0.2, 0) is 0 Å². The second-order valence-electron chi connectivity index (χ2n) is 13.2. The van der Waals surface area contributed by atoms with Crippen LogP contribution in [0.15, 0.2) is 192 Å². The molecule has 4 heteroatoms. The van der Waals surface area contributed by atoms with Crippen molar-refractivity contribution in [3.63, 3.8) is 0 Å². The summed E-state index contributed by atoms with van der Waals surface area (Å²) < 4.78 is 6.65. The van der Waals surface area contributed by atoms with Crippen molar-refractivity contribution in [1.29, 1.82) is 0 Å². The number of fused-ring (bicyclic) bond motifs is 5. The summed E-state index contributed by atoms with van der Waals surface area (Å²) in [4.78, 5) is 15.6. The molecule has 0 aliphatic heterocycles. The lowest BCUT2D eigenvalue weighted by molar-refractivity contribution is 0.673. The Bertz CT molecular complexity index is 2920. The molecule has 2 aromatic heterocycles. The van der Waals surface area contributed by atoms with Gasteiger partial charge in [0.2, 0.25) is 0 Å². The highest BCUT2D eigenvalue weighted by Gasteiger charge is 2.20. The number of furan rings is 1. The van der Waals surface area contributed by atoms with E-state index < -0.39 is 0 Å². The SMILES string of the molecule is c1ccc(-c2ccc(-c3nc(-c4cccc(-c5ccccc5)c4)nc(-c4cc5c(oc6cccc(-c7ccccc7)c65)c5ccccc45)n3)cc2)cc1. The van der Waals surface area contributed by atoms with Crippen molar-refractivity contribution in [3.8, 4) is 67.5 Å². The van der Waals surface area contributed by atoms with E-state index in [1.54, 1.807) is 0 Å². The quantitative estimate of drug-likeness (QED) is 0.176. The predicted octanol–water partition coefficient (Wildman–Crippen LogP) is 12.9. The highest BCUT2D eigenvalue weighted by atomic mass is 16.3. The Labute approximate surface area is 306 Å². The van der Waals surface area contributed by atoms with Gasteiger partial charge in [-0.3, -0.25) is 0 Å². The molecule has 4 nitrogen and oxygen atoms in total. The van der Waals surface area contributed by atoms with Crippen LogP contribution >= 0.6 is 0 Å². The van der Waals surface area contributed by atoms with E-state index in [0.717, 1.165) is 82.8 Å². The van der Waals surface area contributed by atoms with Crippen LogP contribution in [-0.4, -0.2) is 15.0 Å². The van der Waals surface area contributed by atoms with Gasteiger partial charge < -0.3 is 4.42 Å². The van der Waals surface area contributed by atoms with Gasteiger partial charge in [0.1, 0.15) is 11.2 Å². The first-order valence-corrected chi connectivity index (χ1v) is 17.8. The first-order chi connectivity index (χ1) is 26.3. The minimum Gasteiger partial charge on any atom is -0.455 e. The third-order valence-electron chi connectivity index (χ3n) is 9.94. The summed E-state index contributed by atoms with van der Waals surface area (Å²) >= 11 is 0. The Hall–Kier alpha value is -7.17. The molecule has 0 spiro atoms. The highest BCUT2D eigenvalue weighted by Crippen LogP contribution is 2.43. The fraction of sp³-hybridized carbons (Fsp3) is 0. The summed E-state index contributed by atoms with van der Waals surface area (Å²) in [6, 6.07) is 65.0. The Morgan fingerprint density at radius 1 is 0.302 bits per heavy atom. The fourth-order valence-corrected chi connectivity index (χ4v) is 7.36. The van der Waals surface area contributed by atoms with E-state index in [1.807, 2.05) is 24.3 Å². The molecule has 0 bridgehead atoms. The van der Waals surface area contributed by atoms with Gasteiger partial charge in [0.05, 0.1) is 0 Å². The van der Waals surface area contributed by atoms with E-state index in [2.05, 4.69) is 164 Å². The van der Waals surface area contributed by atoms with Crippen LogP contribution in [0.1, 0.15) is 0 Å². The fourth-order valence-electron chi connectivity index (χ4n) is 7.36. The second kappa shape index (κ2) is 12.9. The zero-order chi connectivity index (χ0) is 35.1. The van der Waals surface area contributed by atoms with Crippen LogP contribution in [0, 0.1) is 0 Å². The van der Waals surface area contributed by atoms with Crippen LogP contribution in [0.3, 0.4) is 0 Å². The molecule has 0 fully saturated rings. The zero-order valence-electron chi connectivity index (χ0n) is 28.6. The summed E-state index contributed by atoms with van der Waals surface area (Å²) in [6.45, 7) is 0. The Morgan fingerprint density at radius 3 is 1.53 bits per heavy atom. The molecule has 8 aromatic carbocycles. The van der Waals surface area contributed by atoms with Crippen LogP contribution in [0.5, 0.6) is 0 Å². The van der Waals surface area contributed by atoms with Crippen LogP contribution in [0.25, 0.3) is 100 Å². The maximum absolute atomic E-state index is 6.65. The lowest BCUT2D eigenvalue weighted by Gasteiger charge is -2.12. The highest BCUT2D eigenvalue weighted by molar-refractivity contribution is 6.21. The van der Waals surface area contributed by atoms with Crippen molar-refractivity contribution >= 4 is 32.7 Å². The van der Waals surface area contributed by atoms with Gasteiger partial charge in [0.25, 0.3) is 0 Å². The molecule has 2 heterocycles. The minimum absolute atomic E-state index is 0.604. The molecule has 0 amide bonds. The number of hydrogen-bond donors (Lipinski definition) is 0. The molecule has 0 aliphatic carbocycles. The Kier molecular flexibility index (Phi) is 7.43. The molecule has 0 atom stereocenters. The Morgan fingerprint density at radius 2 is 0.811 bits per heavy atom. The average Bonchev–Trinajstić information content (AvgIpc) is 3.63. The van der Waals surface area contributed by atoms with Crippen molar-refractivity contribution in [2.75, 3.05) is 0 Å². The van der Waals surface area contributed by atoms with Crippen LogP contribution < -0.4 is 0 Å². The Balaban J connectivity index is 1.22. The van der Waals surface area contributed by atoms with E-state index in [-0.39, 0.29) is 0 Å². The summed E-state index contributed by atoms with van der Waals surface area (Å²) in [7, 11) is 0. The molecule has 0 radical (unpaired) electrons. The van der Waals surface area contributed by atoms with Gasteiger partial charge in [-0.05, 0) is 57.0 Å². The van der Waals surface area contributed by atoms with E-state index in [0.29, 0.717) is 17.5 Å². The number of aromatic nitrogens is 3. The molecule has 0 saturated heterocycles. The van der Waals surface area contributed by atoms with Crippen molar-refractivity contribution in [2.24, 2.45) is 0 Å². The molecular formula is C49H31N3O. The van der Waals surface area contributed by atoms with E-state index in [1.165, 1.54) is 0 Å². The zero-order valence-corrected chi connectivity index (χ0v) is 28.6. The van der Waals surface area contributed by atoms with Crippen LogP contribution in [0.2, 0.25) is 0 Å². The molecule has 248 valence electrons. The molecule has 10 aromatic rings. The standard InChI is InChI=1S/C49H31N3O/c1-4-14-32(15-5-1)34-26-28-36(29-27-34)47-50-48(38-21-12-20-37(30-38)33-16-6-2-7-17-33)52-49(51-47)42-31-43-45-39(35-18-8-3-9-19-35)24-13-25-44(45)53-46(43)41-23-11-10-22-40(41)42/h1-31H. The third kappa shape index (κ3) is 5.54. The van der Waals surface area contributed by atoms with Gasteiger partial charge in [-0.25, -0.2) is 15.0 Å². The first kappa shape index (κ1) is 30.6. The monoisotopic (exact) mass is 677 g/mol. The third-order valence-corrected chi connectivity index (χ3v) is 9.94. The normalized spacial score (nSPS) is 11.4. The summed E-state index contributed by atoms with van der Waals surface area (Å²) in [6.07, 6.45) is 0. The molecular weight excluding hydrogens is 647 g/mol. The average molecular weight is 678 g/mol. The van der Waals surface area contributed by atoms with E-state index in [4.69, 9.17) is 19.4 Å². The number of rotatable bonds is 6. The largest absolute Gasteiger partial charge is 0.455 e. The van der Waals surface area contributed by atoms with E-state index in [9.17, 15) is 0 Å². The minimum atomic E-state index is 0.604. The smallest absolute Gasteiger partial charge is 0.164 e. The molecule has 53 heavy (non-hydrogen) atoms. The second-order valence-corrected chi connectivity index (χ2v) is 13.2. The van der Waals surface area contributed by atoms with Gasteiger partial charge in [0.15, 0.2) is 17.5 Å². The first-order valence-electron chi connectivity index (χ1n) is 17.8. The van der Waals surface area contributed by atoms with Crippen molar-refractivity contribution in [3.05, 3.63) is 188 Å². The van der Waals surface area contributed by atoms with Gasteiger partial charge in [0, 0.05) is 32.8 Å². The summed E-state index contributed by atoms with van der Waals surface area (Å²) in [5.74, 6) is 1.83. The number of nitrogens with zero attached hydrogens (tertiary/aromatic N) is 3. The van der Waals surface area contributed by atoms with Gasteiger partial charge in [-0.15, -0.1) is 0 Å². The number of benzene rings is 8. The van der Waals surface area contributed by atoms with E-state index >= 15 is 0 Å². The van der Waals surface area contributed by atoms with Crippen molar-refractivity contribution in [1.82, 2.24) is 15.0 Å². The molecule has 10 rings (SSSR count). The van der Waals surface area contributed by atoms with Crippen LogP contribution in [0.4, 0.5) is 0 Å². The lowest BCUT2D eigenvalue weighted by atomic mass is 9.96. The molecule has 0 aliphatic rings. The van der Waals surface area contributed by atoms with Gasteiger partial charge >= 0.3 is 0 Å². The number of hydrogen-bond acceptors (Lipinski definition) is 4. The maximum Gasteiger partial charge on any atom is 0.164 e. The molecule has 0 saturated carbocycles.